The molecule has 0 aliphatic carbocycles. The van der Waals surface area contributed by atoms with Crippen molar-refractivity contribution in [3.8, 4) is 0 Å². The van der Waals surface area contributed by atoms with Crippen molar-refractivity contribution in [3.63, 3.8) is 0 Å². The Morgan fingerprint density at radius 2 is 3.17 bits per heavy atom. The lowest BCUT2D eigenvalue weighted by Crippen LogP contribution is -2.13. The van der Waals surface area contributed by atoms with Crippen LogP contribution >= 0.6 is 22.6 Å². The summed E-state index contributed by atoms with van der Waals surface area (Å²) in [5, 5.41) is 1.68. The second-order valence-electron chi connectivity index (χ2n) is 0.524. The van der Waals surface area contributed by atoms with Crippen molar-refractivity contribution in [3.05, 3.63) is 0 Å². The number of rotatable bonds is 1. The van der Waals surface area contributed by atoms with Crippen molar-refractivity contribution >= 4 is 26.5 Å². The third-order valence-corrected chi connectivity index (χ3v) is 0.430. The highest BCUT2D eigenvalue weighted by atomic mass is 127. The molecule has 0 aromatic carbocycles. The molecule has 0 saturated heterocycles. The summed E-state index contributed by atoms with van der Waals surface area (Å²) in [5.41, 5.74) is 0. The van der Waals surface area contributed by atoms with E-state index in [1.807, 2.05) is 0 Å². The fourth-order valence-corrected chi connectivity index (χ4v) is 0.184. The molecular weight excluding hydrogens is 193 g/mol. The van der Waals surface area contributed by atoms with Crippen LogP contribution in [0.5, 0.6) is 0 Å². The van der Waals surface area contributed by atoms with Crippen LogP contribution in [0.15, 0.2) is 0 Å². The van der Waals surface area contributed by atoms with E-state index in [0.29, 0.717) is 0 Å². The van der Waals surface area contributed by atoms with Crippen molar-refractivity contribution in [2.75, 3.05) is 6.50 Å². The molecule has 2 nitrogen and oxygen atoms in total. The number of amides is 1. The molecular formula is C3H6INO. The van der Waals surface area contributed by atoms with Gasteiger partial charge in [-0.2, -0.15) is 0 Å². The highest BCUT2D eigenvalue weighted by Gasteiger charge is 1.81. The van der Waals surface area contributed by atoms with E-state index in [1.165, 1.54) is 22.6 Å². The standard InChI is InChI=1S/C3H6INO/c1-2-5-3(4)6/h2H2,1H3,(H,5,6)/i1D3,2D2. The van der Waals surface area contributed by atoms with Crippen molar-refractivity contribution in [2.24, 2.45) is 0 Å². The average molecular weight is 204 g/mol. The molecule has 0 fully saturated rings. The van der Waals surface area contributed by atoms with Gasteiger partial charge in [0.1, 0.15) is 0 Å². The quantitative estimate of drug-likeness (QED) is 0.387. The van der Waals surface area contributed by atoms with Crippen LogP contribution in [0.1, 0.15) is 13.7 Å². The minimum absolute atomic E-state index is 0.733. The summed E-state index contributed by atoms with van der Waals surface area (Å²) in [5.74, 6) is 0. The molecule has 0 saturated carbocycles. The summed E-state index contributed by atoms with van der Waals surface area (Å²) in [6.45, 7) is -5.47. The van der Waals surface area contributed by atoms with E-state index in [1.54, 1.807) is 5.32 Å². The SMILES string of the molecule is [2H]C([2H])([2H])C([2H])([2H])NC(=O)I. The maximum Gasteiger partial charge on any atom is 0.280 e. The fraction of sp³-hybridized carbons (Fsp3) is 0.667. The smallest absolute Gasteiger partial charge is 0.280 e. The first-order valence-corrected chi connectivity index (χ1v) is 2.22. The summed E-state index contributed by atoms with van der Waals surface area (Å²) in [6.07, 6.45) is 0. The van der Waals surface area contributed by atoms with E-state index in [9.17, 15) is 4.79 Å². The lowest BCUT2D eigenvalue weighted by atomic mass is 10.8. The van der Waals surface area contributed by atoms with Gasteiger partial charge in [-0.25, -0.2) is 0 Å². The predicted molar refractivity (Wildman–Crippen MR) is 33.1 cm³/mol. The zero-order valence-corrected chi connectivity index (χ0v) is 4.94. The van der Waals surface area contributed by atoms with Gasteiger partial charge in [0.15, 0.2) is 0 Å². The molecule has 0 spiro atoms. The molecule has 6 heavy (non-hydrogen) atoms. The Morgan fingerprint density at radius 1 is 2.50 bits per heavy atom. The monoisotopic (exact) mass is 204 g/mol. The molecule has 0 aliphatic heterocycles. The number of carbonyl (C=O) groups excluding carboxylic acids is 1. The van der Waals surface area contributed by atoms with E-state index in [2.05, 4.69) is 0 Å². The molecule has 0 rings (SSSR count). The second kappa shape index (κ2) is 3.39. The number of hydrogen-bond donors (Lipinski definition) is 1. The van der Waals surface area contributed by atoms with Crippen LogP contribution in [0.25, 0.3) is 0 Å². The molecule has 1 N–H and O–H groups in total. The van der Waals surface area contributed by atoms with Crippen molar-refractivity contribution in [2.45, 2.75) is 6.85 Å². The minimum Gasteiger partial charge on any atom is -0.348 e. The highest BCUT2D eigenvalue weighted by Crippen LogP contribution is 1.79. The Morgan fingerprint density at radius 3 is 3.33 bits per heavy atom. The van der Waals surface area contributed by atoms with Crippen LogP contribution < -0.4 is 5.32 Å². The number of halogens is 1. The lowest BCUT2D eigenvalue weighted by Gasteiger charge is -1.86. The number of hydrogen-bond acceptors (Lipinski definition) is 1. The van der Waals surface area contributed by atoms with Crippen LogP contribution in [-0.4, -0.2) is 10.4 Å². The molecule has 0 heterocycles. The number of carbonyl (C=O) groups is 1. The molecule has 0 aliphatic rings. The predicted octanol–water partition coefficient (Wildman–Crippen LogP) is 1.15. The summed E-state index contributed by atoms with van der Waals surface area (Å²) in [4.78, 5) is 10.3. The van der Waals surface area contributed by atoms with Gasteiger partial charge in [0.25, 0.3) is 3.91 Å². The molecule has 0 atom stereocenters. The van der Waals surface area contributed by atoms with Crippen LogP contribution in [0.4, 0.5) is 4.79 Å². The Balaban J connectivity index is 4.34. The van der Waals surface area contributed by atoms with E-state index < -0.39 is 17.3 Å². The van der Waals surface area contributed by atoms with Crippen molar-refractivity contribution < 1.29 is 11.6 Å². The first kappa shape index (κ1) is 1.61. The molecule has 0 aromatic rings. The maximum atomic E-state index is 10.3. The first-order valence-electron chi connectivity index (χ1n) is 3.64. The summed E-state index contributed by atoms with van der Waals surface area (Å²) < 4.78 is 33.0. The minimum atomic E-state index is -2.83. The molecule has 0 bridgehead atoms. The van der Waals surface area contributed by atoms with Gasteiger partial charge in [-0.05, 0) is 6.85 Å². The largest absolute Gasteiger partial charge is 0.348 e. The summed E-state index contributed by atoms with van der Waals surface area (Å²) in [7, 11) is 0. The number of nitrogens with one attached hydrogen (secondary N) is 1. The van der Waals surface area contributed by atoms with Crippen LogP contribution in [0, 0.1) is 0 Å². The Hall–Kier alpha value is 0.200. The van der Waals surface area contributed by atoms with Gasteiger partial charge in [0, 0.05) is 35.9 Å². The third-order valence-electron chi connectivity index (χ3n) is 0.161. The third kappa shape index (κ3) is 4.20. The molecule has 3 heteroatoms. The first-order chi connectivity index (χ1) is 4.67. The fourth-order valence-electron chi connectivity index (χ4n) is 0.0491. The van der Waals surface area contributed by atoms with Crippen molar-refractivity contribution in [1.29, 1.82) is 0 Å². The van der Waals surface area contributed by atoms with Crippen LogP contribution in [0.3, 0.4) is 0 Å². The van der Waals surface area contributed by atoms with Gasteiger partial charge in [0.2, 0.25) is 0 Å². The maximum absolute atomic E-state index is 10.3. The van der Waals surface area contributed by atoms with E-state index in [4.69, 9.17) is 6.85 Å². The van der Waals surface area contributed by atoms with Crippen molar-refractivity contribution in [1.82, 2.24) is 5.32 Å². The molecule has 0 radical (unpaired) electrons. The zero-order valence-electron chi connectivity index (χ0n) is 7.79. The Kier molecular flexibility index (Phi) is 0.911. The van der Waals surface area contributed by atoms with Gasteiger partial charge < -0.3 is 5.32 Å². The van der Waals surface area contributed by atoms with E-state index in [-0.39, 0.29) is 0 Å². The normalized spacial score (nSPS) is 24.5. The van der Waals surface area contributed by atoms with Gasteiger partial charge in [-0.3, -0.25) is 4.79 Å². The summed E-state index contributed by atoms with van der Waals surface area (Å²) >= 11 is 1.27. The Bertz CT molecular complexity index is 166. The molecule has 0 unspecified atom stereocenters. The van der Waals surface area contributed by atoms with Crippen LogP contribution in [0.2, 0.25) is 0 Å². The molecule has 1 amide bonds. The van der Waals surface area contributed by atoms with Gasteiger partial charge >= 0.3 is 0 Å². The topological polar surface area (TPSA) is 29.1 Å². The van der Waals surface area contributed by atoms with Gasteiger partial charge in [-0.1, -0.05) is 0 Å². The average Bonchev–Trinajstić information content (AvgIpc) is 1.56. The zero-order chi connectivity index (χ0) is 9.28. The Labute approximate surface area is 57.5 Å². The molecule has 0 aromatic heterocycles. The van der Waals surface area contributed by atoms with Crippen LogP contribution in [-0.2, 0) is 0 Å². The summed E-state index contributed by atoms with van der Waals surface area (Å²) in [6, 6.07) is 0. The van der Waals surface area contributed by atoms with E-state index >= 15 is 0 Å². The highest BCUT2D eigenvalue weighted by molar-refractivity contribution is 14.1. The molecule has 36 valence electrons. The second-order valence-corrected chi connectivity index (χ2v) is 1.50. The lowest BCUT2D eigenvalue weighted by molar-refractivity contribution is 0.263. The van der Waals surface area contributed by atoms with Gasteiger partial charge in [0.05, 0.1) is 0 Å². The van der Waals surface area contributed by atoms with Gasteiger partial charge in [-0.15, -0.1) is 0 Å². The van der Waals surface area contributed by atoms with E-state index in [0.717, 1.165) is 0 Å².